The summed E-state index contributed by atoms with van der Waals surface area (Å²) in [5, 5.41) is 22.8. The number of ether oxygens (including phenoxy) is 1. The molecule has 12 heteroatoms. The van der Waals surface area contributed by atoms with Gasteiger partial charge in [-0.05, 0) is 54.4 Å². The molecule has 2 aromatic carbocycles. The van der Waals surface area contributed by atoms with Crippen LogP contribution < -0.4 is 4.74 Å². The maximum absolute atomic E-state index is 13.8. The summed E-state index contributed by atoms with van der Waals surface area (Å²) in [6, 6.07) is 6.12. The highest BCUT2D eigenvalue weighted by molar-refractivity contribution is 6.37. The van der Waals surface area contributed by atoms with Gasteiger partial charge in [0.05, 0.1) is 26.0 Å². The van der Waals surface area contributed by atoms with Crippen LogP contribution in [0, 0.1) is 31.1 Å². The molecule has 226 valence electrons. The second-order valence-corrected chi connectivity index (χ2v) is 13.7. The highest BCUT2D eigenvalue weighted by Crippen LogP contribution is 2.55. The Labute approximate surface area is 258 Å². The lowest BCUT2D eigenvalue weighted by Crippen LogP contribution is -2.44. The summed E-state index contributed by atoms with van der Waals surface area (Å²) in [4.78, 5) is 51.1. The lowest BCUT2D eigenvalue weighted by atomic mass is 9.63. The van der Waals surface area contributed by atoms with E-state index < -0.39 is 27.1 Å². The van der Waals surface area contributed by atoms with E-state index in [1.807, 2.05) is 6.92 Å². The fraction of sp³-hybridized carbons (Fsp3) is 0.419. The molecular weight excluding hydrogens is 597 g/mol. The molecule has 5 rings (SSSR count). The van der Waals surface area contributed by atoms with Crippen molar-refractivity contribution in [2.75, 3.05) is 6.54 Å². The van der Waals surface area contributed by atoms with Gasteiger partial charge >= 0.3 is 5.69 Å². The number of ketones is 2. The second-order valence-electron chi connectivity index (χ2n) is 12.9. The number of nitro benzene ring substituents is 2. The van der Waals surface area contributed by atoms with Crippen molar-refractivity contribution in [3.8, 4) is 11.5 Å². The molecule has 0 aromatic heterocycles. The normalized spacial score (nSPS) is 19.7. The second kappa shape index (κ2) is 10.7. The first-order valence-electron chi connectivity index (χ1n) is 13.9. The number of halogens is 2. The lowest BCUT2D eigenvalue weighted by Gasteiger charge is -2.49. The van der Waals surface area contributed by atoms with Crippen LogP contribution in [0.3, 0.4) is 0 Å². The molecule has 1 aliphatic heterocycles. The number of nitrogens with zero attached hydrogens (tertiary/aromatic N) is 3. The van der Waals surface area contributed by atoms with Gasteiger partial charge in [0.15, 0.2) is 17.3 Å². The summed E-state index contributed by atoms with van der Waals surface area (Å²) in [5.41, 5.74) is 1.88. The van der Waals surface area contributed by atoms with Crippen LogP contribution in [0.1, 0.15) is 71.8 Å². The SMILES string of the molecule is CCN1C2=C(C(=O)CC(C)(C)C2)C(c2cc(Cl)c(Oc3ccc([N+](=O)[O-])cc3[N+](=O)[O-])c(Cl)c2)C2=C1CC(C)(C)CC2=O. The molecule has 0 amide bonds. The van der Waals surface area contributed by atoms with Crippen molar-refractivity contribution in [1.29, 1.82) is 0 Å². The maximum Gasteiger partial charge on any atom is 0.318 e. The number of carbonyl (C=O) groups excluding carboxylic acids is 2. The third-order valence-corrected chi connectivity index (χ3v) is 8.82. The highest BCUT2D eigenvalue weighted by atomic mass is 35.5. The van der Waals surface area contributed by atoms with Crippen molar-refractivity contribution in [2.24, 2.45) is 10.8 Å². The molecule has 2 aliphatic carbocycles. The van der Waals surface area contributed by atoms with Crippen LogP contribution in [0.25, 0.3) is 0 Å². The summed E-state index contributed by atoms with van der Waals surface area (Å²) in [7, 11) is 0. The Kier molecular flexibility index (Phi) is 7.67. The van der Waals surface area contributed by atoms with Crippen molar-refractivity contribution in [1.82, 2.24) is 4.90 Å². The van der Waals surface area contributed by atoms with Gasteiger partial charge in [-0.2, -0.15) is 0 Å². The molecule has 0 spiro atoms. The van der Waals surface area contributed by atoms with E-state index in [-0.39, 0.29) is 43.9 Å². The van der Waals surface area contributed by atoms with Crippen LogP contribution in [-0.2, 0) is 9.59 Å². The Hall–Kier alpha value is -3.76. The smallest absolute Gasteiger partial charge is 0.318 e. The molecule has 0 unspecified atom stereocenters. The van der Waals surface area contributed by atoms with Crippen LogP contribution >= 0.6 is 23.2 Å². The van der Waals surface area contributed by atoms with Gasteiger partial charge in [-0.15, -0.1) is 0 Å². The topological polar surface area (TPSA) is 133 Å². The zero-order valence-electron chi connectivity index (χ0n) is 24.5. The molecular formula is C31H31Cl2N3O7. The zero-order chi connectivity index (χ0) is 31.6. The van der Waals surface area contributed by atoms with Gasteiger partial charge in [0.2, 0.25) is 5.75 Å². The molecule has 0 saturated carbocycles. The minimum absolute atomic E-state index is 0.00421. The first kappa shape index (κ1) is 30.7. The van der Waals surface area contributed by atoms with E-state index in [2.05, 4.69) is 32.6 Å². The summed E-state index contributed by atoms with van der Waals surface area (Å²) >= 11 is 13.4. The molecule has 0 fully saturated rings. The van der Waals surface area contributed by atoms with E-state index in [9.17, 15) is 29.8 Å². The fourth-order valence-electron chi connectivity index (χ4n) is 6.56. The number of nitro groups is 2. The Balaban J connectivity index is 1.66. The summed E-state index contributed by atoms with van der Waals surface area (Å²) in [6.07, 6.45) is 1.98. The Bertz CT molecular complexity index is 1600. The van der Waals surface area contributed by atoms with Gasteiger partial charge in [0.25, 0.3) is 5.69 Å². The predicted molar refractivity (Wildman–Crippen MR) is 162 cm³/mol. The highest BCUT2D eigenvalue weighted by Gasteiger charge is 2.48. The van der Waals surface area contributed by atoms with Crippen molar-refractivity contribution < 1.29 is 24.2 Å². The molecule has 0 atom stereocenters. The number of rotatable bonds is 6. The van der Waals surface area contributed by atoms with E-state index in [4.69, 9.17) is 27.9 Å². The van der Waals surface area contributed by atoms with E-state index in [1.54, 1.807) is 12.1 Å². The van der Waals surface area contributed by atoms with E-state index in [0.717, 1.165) is 29.6 Å². The molecule has 2 aromatic rings. The molecule has 1 heterocycles. The molecule has 0 radical (unpaired) electrons. The van der Waals surface area contributed by atoms with Gasteiger partial charge in [-0.3, -0.25) is 29.8 Å². The van der Waals surface area contributed by atoms with E-state index >= 15 is 0 Å². The number of carbonyl (C=O) groups is 2. The van der Waals surface area contributed by atoms with Crippen molar-refractivity contribution in [2.45, 2.75) is 66.2 Å². The average molecular weight is 629 g/mol. The lowest BCUT2D eigenvalue weighted by molar-refractivity contribution is -0.394. The third kappa shape index (κ3) is 5.54. The third-order valence-electron chi connectivity index (χ3n) is 8.25. The molecule has 0 bridgehead atoms. The van der Waals surface area contributed by atoms with Crippen molar-refractivity contribution >= 4 is 46.1 Å². The number of hydrogen-bond donors (Lipinski definition) is 0. The van der Waals surface area contributed by atoms with Gasteiger partial charge in [-0.1, -0.05) is 50.9 Å². The molecule has 0 N–H and O–H groups in total. The Morgan fingerprint density at radius 2 is 1.37 bits per heavy atom. The minimum atomic E-state index is -0.797. The van der Waals surface area contributed by atoms with Crippen LogP contribution in [0.15, 0.2) is 52.9 Å². The largest absolute Gasteiger partial charge is 0.447 e. The van der Waals surface area contributed by atoms with Crippen LogP contribution in [0.2, 0.25) is 10.0 Å². The average Bonchev–Trinajstić information content (AvgIpc) is 2.88. The number of allylic oxidation sites excluding steroid dienone is 4. The van der Waals surface area contributed by atoms with Crippen LogP contribution in [-0.4, -0.2) is 32.9 Å². The number of Topliss-reactive ketones (excluding diaryl/α,β-unsaturated/α-hetero) is 2. The van der Waals surface area contributed by atoms with Crippen LogP contribution in [0.4, 0.5) is 11.4 Å². The summed E-state index contributed by atoms with van der Waals surface area (Å²) in [5.74, 6) is -1.13. The molecule has 10 nitrogen and oxygen atoms in total. The maximum atomic E-state index is 13.8. The zero-order valence-corrected chi connectivity index (χ0v) is 26.0. The predicted octanol–water partition coefficient (Wildman–Crippen LogP) is 8.31. The number of hydrogen-bond acceptors (Lipinski definition) is 8. The molecule has 43 heavy (non-hydrogen) atoms. The van der Waals surface area contributed by atoms with E-state index in [0.29, 0.717) is 48.9 Å². The standard InChI is InChI=1S/C31H31Cl2N3O7/c1-6-34-21-12-30(2,3)14-23(37)27(21)26(28-22(34)13-31(4,5)15-24(28)38)16-9-18(32)29(19(33)10-16)43-25-8-7-17(35(39)40)11-20(25)36(41)42/h7-11,26H,6,12-15H2,1-5H3. The summed E-state index contributed by atoms with van der Waals surface area (Å²) < 4.78 is 5.76. The number of non-ortho nitro benzene ring substituents is 1. The Morgan fingerprint density at radius 3 is 1.81 bits per heavy atom. The molecule has 0 saturated heterocycles. The van der Waals surface area contributed by atoms with Crippen molar-refractivity contribution in [3.63, 3.8) is 0 Å². The monoisotopic (exact) mass is 627 g/mol. The minimum Gasteiger partial charge on any atom is -0.447 e. The first-order valence-corrected chi connectivity index (χ1v) is 14.7. The number of benzene rings is 2. The van der Waals surface area contributed by atoms with Crippen molar-refractivity contribution in [3.05, 3.63) is 88.7 Å². The molecule has 3 aliphatic rings. The van der Waals surface area contributed by atoms with Gasteiger partial charge in [-0.25, -0.2) is 0 Å². The van der Waals surface area contributed by atoms with Gasteiger partial charge in [0.1, 0.15) is 0 Å². The van der Waals surface area contributed by atoms with Gasteiger partial charge < -0.3 is 9.64 Å². The fourth-order valence-corrected chi connectivity index (χ4v) is 7.15. The van der Waals surface area contributed by atoms with E-state index in [1.165, 1.54) is 0 Å². The quantitative estimate of drug-likeness (QED) is 0.230. The van der Waals surface area contributed by atoms with Gasteiger partial charge in [0, 0.05) is 53.9 Å². The Morgan fingerprint density at radius 1 is 0.860 bits per heavy atom. The summed E-state index contributed by atoms with van der Waals surface area (Å²) in [6.45, 7) is 10.9. The first-order chi connectivity index (χ1) is 20.0. The van der Waals surface area contributed by atoms with Crippen LogP contribution in [0.5, 0.6) is 11.5 Å².